The third kappa shape index (κ3) is 4.08. The lowest BCUT2D eigenvalue weighted by molar-refractivity contribution is 0.183. The lowest BCUT2D eigenvalue weighted by atomic mass is 10.1. The second-order valence-corrected chi connectivity index (χ2v) is 4.55. The number of carbonyl (C=O) groups is 1. The fourth-order valence-corrected chi connectivity index (χ4v) is 1.90. The summed E-state index contributed by atoms with van der Waals surface area (Å²) in [5.74, 6) is 0. The van der Waals surface area contributed by atoms with Crippen molar-refractivity contribution in [2.45, 2.75) is 45.2 Å². The molecular formula is C11H23N3O. The number of hydrogen-bond acceptors (Lipinski definition) is 2. The number of rotatable bonds is 2. The van der Waals surface area contributed by atoms with Gasteiger partial charge in [-0.3, -0.25) is 0 Å². The quantitative estimate of drug-likeness (QED) is 0.723. The maximum absolute atomic E-state index is 11.8. The Morgan fingerprint density at radius 3 is 2.80 bits per heavy atom. The molecule has 0 aliphatic carbocycles. The Morgan fingerprint density at radius 2 is 2.13 bits per heavy atom. The summed E-state index contributed by atoms with van der Waals surface area (Å²) in [6.07, 6.45) is 3.32. The molecule has 4 nitrogen and oxygen atoms in total. The van der Waals surface area contributed by atoms with Gasteiger partial charge in [-0.15, -0.1) is 0 Å². The van der Waals surface area contributed by atoms with E-state index in [4.69, 9.17) is 0 Å². The van der Waals surface area contributed by atoms with Gasteiger partial charge in [0.2, 0.25) is 0 Å². The molecule has 0 aromatic rings. The zero-order chi connectivity index (χ0) is 11.3. The minimum Gasteiger partial charge on any atom is -0.336 e. The molecule has 1 atom stereocenters. The van der Waals surface area contributed by atoms with Crippen LogP contribution in [0.3, 0.4) is 0 Å². The third-order valence-corrected chi connectivity index (χ3v) is 2.83. The summed E-state index contributed by atoms with van der Waals surface area (Å²) in [6, 6.07) is 0.652. The van der Waals surface area contributed by atoms with Gasteiger partial charge >= 0.3 is 6.03 Å². The highest BCUT2D eigenvalue weighted by Gasteiger charge is 2.20. The van der Waals surface area contributed by atoms with Crippen molar-refractivity contribution in [1.29, 1.82) is 0 Å². The first-order valence-electron chi connectivity index (χ1n) is 5.85. The van der Waals surface area contributed by atoms with Gasteiger partial charge in [0.05, 0.1) is 0 Å². The number of urea groups is 1. The average molecular weight is 213 g/mol. The molecule has 4 heteroatoms. The minimum atomic E-state index is 0.0527. The van der Waals surface area contributed by atoms with Crippen molar-refractivity contribution < 1.29 is 4.79 Å². The van der Waals surface area contributed by atoms with Crippen molar-refractivity contribution >= 4 is 6.03 Å². The SMILES string of the molecule is CC(C)NC(=O)N(C)C1CCCNCC1. The maximum atomic E-state index is 11.8. The monoisotopic (exact) mass is 213 g/mol. The molecule has 0 radical (unpaired) electrons. The predicted molar refractivity (Wildman–Crippen MR) is 61.9 cm³/mol. The molecule has 2 amide bonds. The van der Waals surface area contributed by atoms with Crippen molar-refractivity contribution in [3.8, 4) is 0 Å². The second-order valence-electron chi connectivity index (χ2n) is 4.55. The van der Waals surface area contributed by atoms with Gasteiger partial charge in [-0.1, -0.05) is 0 Å². The molecule has 15 heavy (non-hydrogen) atoms. The molecule has 0 aromatic heterocycles. The van der Waals surface area contributed by atoms with E-state index in [9.17, 15) is 4.79 Å². The van der Waals surface area contributed by atoms with Gasteiger partial charge in [0, 0.05) is 19.1 Å². The Labute approximate surface area is 92.4 Å². The first-order chi connectivity index (χ1) is 7.11. The Bertz CT molecular complexity index is 198. The van der Waals surface area contributed by atoms with Gasteiger partial charge in [0.25, 0.3) is 0 Å². The van der Waals surface area contributed by atoms with E-state index < -0.39 is 0 Å². The molecule has 88 valence electrons. The third-order valence-electron chi connectivity index (χ3n) is 2.83. The number of nitrogens with zero attached hydrogens (tertiary/aromatic N) is 1. The Balaban J connectivity index is 2.42. The summed E-state index contributed by atoms with van der Waals surface area (Å²) in [7, 11) is 1.90. The molecule has 1 heterocycles. The molecule has 2 N–H and O–H groups in total. The van der Waals surface area contributed by atoms with Gasteiger partial charge in [0.15, 0.2) is 0 Å². The number of nitrogens with one attached hydrogen (secondary N) is 2. The summed E-state index contributed by atoms with van der Waals surface area (Å²) in [5.41, 5.74) is 0. The highest BCUT2D eigenvalue weighted by Crippen LogP contribution is 2.11. The van der Waals surface area contributed by atoms with Crippen LogP contribution in [0, 0.1) is 0 Å². The molecule has 0 saturated carbocycles. The van der Waals surface area contributed by atoms with Crippen molar-refractivity contribution in [3.63, 3.8) is 0 Å². The maximum Gasteiger partial charge on any atom is 0.317 e. The van der Waals surface area contributed by atoms with E-state index in [0.29, 0.717) is 6.04 Å². The molecule has 1 saturated heterocycles. The van der Waals surface area contributed by atoms with Gasteiger partial charge in [-0.05, 0) is 46.2 Å². The number of amides is 2. The van der Waals surface area contributed by atoms with Crippen LogP contribution in [0.15, 0.2) is 0 Å². The van der Waals surface area contributed by atoms with Crippen molar-refractivity contribution in [2.24, 2.45) is 0 Å². The number of carbonyl (C=O) groups excluding carboxylic acids is 1. The van der Waals surface area contributed by atoms with Gasteiger partial charge in [-0.25, -0.2) is 4.79 Å². The molecule has 1 fully saturated rings. The lowest BCUT2D eigenvalue weighted by Gasteiger charge is -2.28. The Hall–Kier alpha value is -0.770. The first-order valence-corrected chi connectivity index (χ1v) is 5.85. The summed E-state index contributed by atoms with van der Waals surface area (Å²) >= 11 is 0. The highest BCUT2D eigenvalue weighted by atomic mass is 16.2. The predicted octanol–water partition coefficient (Wildman–Crippen LogP) is 1.18. The van der Waals surface area contributed by atoms with Crippen LogP contribution < -0.4 is 10.6 Å². The molecule has 1 aliphatic rings. The van der Waals surface area contributed by atoms with Crippen LogP contribution >= 0.6 is 0 Å². The van der Waals surface area contributed by atoms with Gasteiger partial charge in [-0.2, -0.15) is 0 Å². The van der Waals surface area contributed by atoms with Crippen LogP contribution in [-0.2, 0) is 0 Å². The topological polar surface area (TPSA) is 44.4 Å². The van der Waals surface area contributed by atoms with E-state index in [-0.39, 0.29) is 12.1 Å². The number of hydrogen-bond donors (Lipinski definition) is 2. The Morgan fingerprint density at radius 1 is 1.40 bits per heavy atom. The molecule has 0 bridgehead atoms. The largest absolute Gasteiger partial charge is 0.336 e. The zero-order valence-electron chi connectivity index (χ0n) is 10.0. The van der Waals surface area contributed by atoms with E-state index in [1.54, 1.807) is 0 Å². The Kier molecular flexibility index (Phi) is 4.88. The van der Waals surface area contributed by atoms with Crippen LogP contribution in [0.2, 0.25) is 0 Å². The smallest absolute Gasteiger partial charge is 0.317 e. The first kappa shape index (κ1) is 12.3. The van der Waals surface area contributed by atoms with Crippen LogP contribution in [0.25, 0.3) is 0 Å². The van der Waals surface area contributed by atoms with Crippen LogP contribution in [0.4, 0.5) is 4.79 Å². The highest BCUT2D eigenvalue weighted by molar-refractivity contribution is 5.74. The van der Waals surface area contributed by atoms with E-state index in [0.717, 1.165) is 32.4 Å². The average Bonchev–Trinajstić information content (AvgIpc) is 2.43. The van der Waals surface area contributed by atoms with E-state index in [1.807, 2.05) is 25.8 Å². The zero-order valence-corrected chi connectivity index (χ0v) is 10.0. The summed E-state index contributed by atoms with van der Waals surface area (Å²) in [6.45, 7) is 6.07. The second kappa shape index (κ2) is 5.95. The molecule has 0 spiro atoms. The molecule has 1 unspecified atom stereocenters. The van der Waals surface area contributed by atoms with Crippen molar-refractivity contribution in [2.75, 3.05) is 20.1 Å². The van der Waals surface area contributed by atoms with Crippen molar-refractivity contribution in [1.82, 2.24) is 15.5 Å². The van der Waals surface area contributed by atoms with Crippen LogP contribution in [0.1, 0.15) is 33.1 Å². The van der Waals surface area contributed by atoms with E-state index in [2.05, 4.69) is 10.6 Å². The minimum absolute atomic E-state index is 0.0527. The lowest BCUT2D eigenvalue weighted by Crippen LogP contribution is -2.46. The van der Waals surface area contributed by atoms with E-state index >= 15 is 0 Å². The normalized spacial score (nSPS) is 22.3. The fourth-order valence-electron chi connectivity index (χ4n) is 1.90. The van der Waals surface area contributed by atoms with Crippen LogP contribution in [0.5, 0.6) is 0 Å². The van der Waals surface area contributed by atoms with Gasteiger partial charge < -0.3 is 15.5 Å². The standard InChI is InChI=1S/C11H23N3O/c1-9(2)13-11(15)14(3)10-5-4-7-12-8-6-10/h9-10,12H,4-8H2,1-3H3,(H,13,15). The molecule has 1 aliphatic heterocycles. The van der Waals surface area contributed by atoms with E-state index in [1.165, 1.54) is 0 Å². The van der Waals surface area contributed by atoms with Crippen molar-refractivity contribution in [3.05, 3.63) is 0 Å². The molecule has 0 aromatic carbocycles. The molecule has 1 rings (SSSR count). The van der Waals surface area contributed by atoms with Crippen LogP contribution in [-0.4, -0.2) is 43.2 Å². The fraction of sp³-hybridized carbons (Fsp3) is 0.909. The van der Waals surface area contributed by atoms with Gasteiger partial charge in [0.1, 0.15) is 0 Å². The molecular weight excluding hydrogens is 190 g/mol. The summed E-state index contributed by atoms with van der Waals surface area (Å²) < 4.78 is 0. The summed E-state index contributed by atoms with van der Waals surface area (Å²) in [4.78, 5) is 13.6. The summed E-state index contributed by atoms with van der Waals surface area (Å²) in [5, 5.41) is 6.28.